The lowest BCUT2D eigenvalue weighted by Crippen LogP contribution is -2.41. The minimum Gasteiger partial charge on any atom is -0.352 e. The van der Waals surface area contributed by atoms with Gasteiger partial charge < -0.3 is 14.8 Å². The van der Waals surface area contributed by atoms with Crippen LogP contribution in [0, 0.1) is 11.7 Å². The molecule has 7 heteroatoms. The van der Waals surface area contributed by atoms with Crippen molar-refractivity contribution >= 4 is 28.5 Å². The highest BCUT2D eigenvalue weighted by Crippen LogP contribution is 2.22. The Bertz CT molecular complexity index is 1040. The number of fused-ring (bicyclic) bond motifs is 1. The fourth-order valence-electron chi connectivity index (χ4n) is 4.18. The third kappa shape index (κ3) is 4.65. The van der Waals surface area contributed by atoms with Crippen LogP contribution < -0.4 is 5.32 Å². The van der Waals surface area contributed by atoms with E-state index in [0.29, 0.717) is 11.6 Å². The Kier molecular flexibility index (Phi) is 6.35. The van der Waals surface area contributed by atoms with E-state index in [-0.39, 0.29) is 17.6 Å². The molecular formula is C23H26ClFN4O. The van der Waals surface area contributed by atoms with E-state index in [4.69, 9.17) is 11.6 Å². The summed E-state index contributed by atoms with van der Waals surface area (Å²) in [5.41, 5.74) is 3.06. The Hall–Kier alpha value is -2.44. The van der Waals surface area contributed by atoms with Gasteiger partial charge in [-0.05, 0) is 67.7 Å². The van der Waals surface area contributed by atoms with Gasteiger partial charge in [-0.3, -0.25) is 4.79 Å². The van der Waals surface area contributed by atoms with Crippen LogP contribution in [0.1, 0.15) is 24.0 Å². The number of amides is 1. The second-order valence-corrected chi connectivity index (χ2v) is 8.37. The highest BCUT2D eigenvalue weighted by molar-refractivity contribution is 6.31. The van der Waals surface area contributed by atoms with Crippen LogP contribution in [-0.2, 0) is 24.8 Å². The second kappa shape index (κ2) is 9.14. The zero-order valence-electron chi connectivity index (χ0n) is 17.1. The molecule has 2 aromatic heterocycles. The number of aromatic nitrogens is 2. The standard InChI is InChI=1S/C23H26ClFN4O/c1-28-15-18(20-3-2-9-26-22(20)28)8-12-29-10-6-16(7-11-29)23(30)27-14-17-4-5-19(25)13-21(17)24/h2-5,9,13,15-16H,6-8,10-12,14H2,1H3,(H,27,30). The molecule has 3 heterocycles. The lowest BCUT2D eigenvalue weighted by molar-refractivity contribution is -0.126. The van der Waals surface area contributed by atoms with Crippen LogP contribution >= 0.6 is 11.6 Å². The Morgan fingerprint density at radius 3 is 2.83 bits per heavy atom. The highest BCUT2D eigenvalue weighted by Gasteiger charge is 2.25. The minimum absolute atomic E-state index is 0.0160. The molecule has 1 aliphatic heterocycles. The highest BCUT2D eigenvalue weighted by atomic mass is 35.5. The van der Waals surface area contributed by atoms with Crippen molar-refractivity contribution in [3.63, 3.8) is 0 Å². The summed E-state index contributed by atoms with van der Waals surface area (Å²) >= 11 is 6.04. The van der Waals surface area contributed by atoms with Crippen molar-refractivity contribution in [1.29, 1.82) is 0 Å². The van der Waals surface area contributed by atoms with Gasteiger partial charge in [0.25, 0.3) is 0 Å². The zero-order chi connectivity index (χ0) is 21.1. The summed E-state index contributed by atoms with van der Waals surface area (Å²) in [4.78, 5) is 19.4. The normalized spacial score (nSPS) is 15.6. The number of piperidine rings is 1. The van der Waals surface area contributed by atoms with E-state index in [1.807, 2.05) is 19.3 Å². The molecule has 1 amide bonds. The SMILES string of the molecule is Cn1cc(CCN2CCC(C(=O)NCc3ccc(F)cc3Cl)CC2)c2cccnc21. The van der Waals surface area contributed by atoms with Gasteiger partial charge in [-0.1, -0.05) is 17.7 Å². The molecule has 1 fully saturated rings. The maximum absolute atomic E-state index is 13.1. The van der Waals surface area contributed by atoms with Crippen molar-refractivity contribution in [2.75, 3.05) is 19.6 Å². The summed E-state index contributed by atoms with van der Waals surface area (Å²) in [6, 6.07) is 8.35. The monoisotopic (exact) mass is 428 g/mol. The van der Waals surface area contributed by atoms with Crippen LogP contribution in [-0.4, -0.2) is 40.0 Å². The molecule has 1 saturated heterocycles. The molecule has 1 N–H and O–H groups in total. The first-order chi connectivity index (χ1) is 14.5. The van der Waals surface area contributed by atoms with Gasteiger partial charge in [0.05, 0.1) is 0 Å². The van der Waals surface area contributed by atoms with Gasteiger partial charge in [0.15, 0.2) is 0 Å². The number of rotatable bonds is 6. The molecule has 0 bridgehead atoms. The van der Waals surface area contributed by atoms with Gasteiger partial charge in [-0.15, -0.1) is 0 Å². The maximum atomic E-state index is 13.1. The third-order valence-electron chi connectivity index (χ3n) is 5.94. The van der Waals surface area contributed by atoms with Crippen LogP contribution in [0.4, 0.5) is 4.39 Å². The van der Waals surface area contributed by atoms with E-state index in [9.17, 15) is 9.18 Å². The largest absolute Gasteiger partial charge is 0.352 e. The smallest absolute Gasteiger partial charge is 0.223 e. The number of nitrogens with one attached hydrogen (secondary N) is 1. The van der Waals surface area contributed by atoms with E-state index < -0.39 is 0 Å². The number of nitrogens with zero attached hydrogens (tertiary/aromatic N) is 3. The number of pyridine rings is 1. The molecule has 5 nitrogen and oxygen atoms in total. The number of carbonyl (C=O) groups is 1. The molecule has 158 valence electrons. The van der Waals surface area contributed by atoms with E-state index >= 15 is 0 Å². The third-order valence-corrected chi connectivity index (χ3v) is 6.29. The van der Waals surface area contributed by atoms with Crippen LogP contribution in [0.5, 0.6) is 0 Å². The van der Waals surface area contributed by atoms with Crippen molar-refractivity contribution in [2.24, 2.45) is 13.0 Å². The predicted molar refractivity (Wildman–Crippen MR) is 117 cm³/mol. The van der Waals surface area contributed by atoms with Crippen molar-refractivity contribution < 1.29 is 9.18 Å². The van der Waals surface area contributed by atoms with E-state index in [1.54, 1.807) is 6.07 Å². The van der Waals surface area contributed by atoms with Gasteiger partial charge in [0, 0.05) is 48.9 Å². The zero-order valence-corrected chi connectivity index (χ0v) is 17.8. The van der Waals surface area contributed by atoms with E-state index in [1.165, 1.54) is 23.1 Å². The predicted octanol–water partition coefficient (Wildman–Crippen LogP) is 3.94. The van der Waals surface area contributed by atoms with E-state index in [0.717, 1.165) is 50.1 Å². The Balaban J connectivity index is 1.25. The molecule has 30 heavy (non-hydrogen) atoms. The number of hydrogen-bond acceptors (Lipinski definition) is 3. The Morgan fingerprint density at radius 1 is 1.27 bits per heavy atom. The topological polar surface area (TPSA) is 50.2 Å². The number of hydrogen-bond donors (Lipinski definition) is 1. The van der Waals surface area contributed by atoms with Crippen molar-refractivity contribution in [2.45, 2.75) is 25.8 Å². The first-order valence-electron chi connectivity index (χ1n) is 10.3. The van der Waals surface area contributed by atoms with E-state index in [2.05, 4.69) is 32.0 Å². The van der Waals surface area contributed by atoms with Gasteiger partial charge in [-0.25, -0.2) is 9.37 Å². The molecule has 0 radical (unpaired) electrons. The molecule has 0 saturated carbocycles. The van der Waals surface area contributed by atoms with Crippen molar-refractivity contribution in [3.8, 4) is 0 Å². The summed E-state index contributed by atoms with van der Waals surface area (Å²) in [6.07, 6.45) is 6.66. The van der Waals surface area contributed by atoms with Crippen molar-refractivity contribution in [1.82, 2.24) is 19.8 Å². The fourth-order valence-corrected chi connectivity index (χ4v) is 4.42. The van der Waals surface area contributed by atoms with Crippen molar-refractivity contribution in [3.05, 3.63) is 64.7 Å². The molecule has 0 spiro atoms. The summed E-state index contributed by atoms with van der Waals surface area (Å²) in [5.74, 6) is -0.306. The minimum atomic E-state index is -0.373. The van der Waals surface area contributed by atoms with Gasteiger partial charge >= 0.3 is 0 Å². The van der Waals surface area contributed by atoms with Crippen LogP contribution in [0.25, 0.3) is 11.0 Å². The number of carbonyl (C=O) groups excluding carboxylic acids is 1. The maximum Gasteiger partial charge on any atom is 0.223 e. The molecule has 1 aliphatic rings. The molecular weight excluding hydrogens is 403 g/mol. The quantitative estimate of drug-likeness (QED) is 0.647. The average molecular weight is 429 g/mol. The number of benzene rings is 1. The molecule has 0 aliphatic carbocycles. The number of likely N-dealkylation sites (tertiary alicyclic amines) is 1. The summed E-state index contributed by atoms with van der Waals surface area (Å²) < 4.78 is 15.2. The summed E-state index contributed by atoms with van der Waals surface area (Å²) in [5, 5.41) is 4.51. The first-order valence-corrected chi connectivity index (χ1v) is 10.7. The van der Waals surface area contributed by atoms with Crippen LogP contribution in [0.3, 0.4) is 0 Å². The lowest BCUT2D eigenvalue weighted by atomic mass is 9.95. The number of aryl methyl sites for hydroxylation is 1. The number of halogens is 2. The molecule has 3 aromatic rings. The summed E-state index contributed by atoms with van der Waals surface area (Å²) in [6.45, 7) is 3.14. The van der Waals surface area contributed by atoms with Crippen LogP contribution in [0.15, 0.2) is 42.7 Å². The first kappa shape index (κ1) is 20.8. The average Bonchev–Trinajstić information content (AvgIpc) is 3.08. The van der Waals surface area contributed by atoms with Crippen LogP contribution in [0.2, 0.25) is 5.02 Å². The molecule has 1 aromatic carbocycles. The van der Waals surface area contributed by atoms with Gasteiger partial charge in [0.1, 0.15) is 11.5 Å². The molecule has 0 unspecified atom stereocenters. The Morgan fingerprint density at radius 2 is 2.07 bits per heavy atom. The van der Waals surface area contributed by atoms with Gasteiger partial charge in [0.2, 0.25) is 5.91 Å². The van der Waals surface area contributed by atoms with Gasteiger partial charge in [-0.2, -0.15) is 0 Å². The molecule has 4 rings (SSSR count). The fraction of sp³-hybridized carbons (Fsp3) is 0.391. The second-order valence-electron chi connectivity index (χ2n) is 7.96. The summed E-state index contributed by atoms with van der Waals surface area (Å²) in [7, 11) is 2.03. The molecule has 0 atom stereocenters. The Labute approximate surface area is 180 Å². The lowest BCUT2D eigenvalue weighted by Gasteiger charge is -2.31.